The Morgan fingerprint density at radius 2 is 1.88 bits per heavy atom. The van der Waals surface area contributed by atoms with Crippen LogP contribution in [0.2, 0.25) is 0 Å². The van der Waals surface area contributed by atoms with Crippen molar-refractivity contribution in [3.05, 3.63) is 70.1 Å². The largest absolute Gasteiger partial charge is 0.496 e. The van der Waals surface area contributed by atoms with Gasteiger partial charge in [-0.05, 0) is 18.2 Å². The van der Waals surface area contributed by atoms with E-state index < -0.39 is 17.6 Å². The molecule has 5 nitrogen and oxygen atoms in total. The molecule has 4 rings (SSSR count). The van der Waals surface area contributed by atoms with Gasteiger partial charge in [-0.1, -0.05) is 30.3 Å². The lowest BCUT2D eigenvalue weighted by atomic mass is 9.88. The van der Waals surface area contributed by atoms with Crippen molar-refractivity contribution in [1.29, 1.82) is 5.26 Å². The fourth-order valence-corrected chi connectivity index (χ4v) is 3.22. The van der Waals surface area contributed by atoms with Gasteiger partial charge in [0.1, 0.15) is 23.2 Å². The first-order valence-electron chi connectivity index (χ1n) is 7.49. The highest BCUT2D eigenvalue weighted by molar-refractivity contribution is 5.85. The highest BCUT2D eigenvalue weighted by Crippen LogP contribution is 2.46. The maximum absolute atomic E-state index is 12.6. The standard InChI is InChI=1S/C19H13NO4/c1-22-13-8-4-2-6-11(13)16-15(10-20)23-18-12-7-3-5-9-14(12)24-19(21)17(16)18/h2-9,15-16H,1H3/t15-,16-/m1/s1. The first-order chi connectivity index (χ1) is 11.7. The maximum atomic E-state index is 12.6. The number of nitrogens with zero attached hydrogens (tertiary/aromatic N) is 1. The zero-order chi connectivity index (χ0) is 16.7. The summed E-state index contributed by atoms with van der Waals surface area (Å²) in [5, 5.41) is 10.2. The highest BCUT2D eigenvalue weighted by atomic mass is 16.5. The highest BCUT2D eigenvalue weighted by Gasteiger charge is 2.41. The van der Waals surface area contributed by atoms with E-state index in [2.05, 4.69) is 6.07 Å². The van der Waals surface area contributed by atoms with Crippen molar-refractivity contribution in [1.82, 2.24) is 0 Å². The Morgan fingerprint density at radius 1 is 1.12 bits per heavy atom. The molecule has 0 fully saturated rings. The fraction of sp³-hybridized carbons (Fsp3) is 0.158. The lowest BCUT2D eigenvalue weighted by Gasteiger charge is -2.15. The Hall–Kier alpha value is -3.26. The smallest absolute Gasteiger partial charge is 0.344 e. The third-order valence-corrected chi connectivity index (χ3v) is 4.26. The summed E-state index contributed by atoms with van der Waals surface area (Å²) in [5.41, 5.74) is 1.05. The van der Waals surface area contributed by atoms with Crippen LogP contribution < -0.4 is 15.1 Å². The molecule has 24 heavy (non-hydrogen) atoms. The van der Waals surface area contributed by atoms with Crippen LogP contribution in [-0.4, -0.2) is 13.2 Å². The summed E-state index contributed by atoms with van der Waals surface area (Å²) in [6.45, 7) is 0. The molecule has 0 N–H and O–H groups in total. The molecule has 118 valence electrons. The van der Waals surface area contributed by atoms with Crippen LogP contribution in [0.3, 0.4) is 0 Å². The van der Waals surface area contributed by atoms with Crippen LogP contribution in [0.25, 0.3) is 11.0 Å². The van der Waals surface area contributed by atoms with Crippen molar-refractivity contribution in [2.75, 3.05) is 7.11 Å². The predicted molar refractivity (Wildman–Crippen MR) is 87.4 cm³/mol. The molecular weight excluding hydrogens is 306 g/mol. The number of fused-ring (bicyclic) bond motifs is 3. The first-order valence-corrected chi connectivity index (χ1v) is 7.49. The van der Waals surface area contributed by atoms with Crippen molar-refractivity contribution in [2.45, 2.75) is 12.0 Å². The number of nitriles is 1. The minimum absolute atomic E-state index is 0.366. The molecule has 0 spiro atoms. The van der Waals surface area contributed by atoms with E-state index in [1.54, 1.807) is 25.3 Å². The van der Waals surface area contributed by atoms with Crippen molar-refractivity contribution >= 4 is 11.0 Å². The van der Waals surface area contributed by atoms with Crippen LogP contribution >= 0.6 is 0 Å². The Balaban J connectivity index is 2.03. The second-order valence-corrected chi connectivity index (χ2v) is 5.52. The number of para-hydroxylation sites is 2. The molecule has 3 aromatic rings. The van der Waals surface area contributed by atoms with E-state index in [1.807, 2.05) is 30.3 Å². The van der Waals surface area contributed by atoms with Gasteiger partial charge in [0, 0.05) is 5.56 Å². The summed E-state index contributed by atoms with van der Waals surface area (Å²) in [6.07, 6.45) is -0.815. The molecule has 0 amide bonds. The number of hydrogen-bond acceptors (Lipinski definition) is 5. The fourth-order valence-electron chi connectivity index (χ4n) is 3.22. The average molecular weight is 319 g/mol. The topological polar surface area (TPSA) is 72.5 Å². The molecule has 0 saturated heterocycles. The van der Waals surface area contributed by atoms with Gasteiger partial charge in [0.15, 0.2) is 6.10 Å². The van der Waals surface area contributed by atoms with E-state index >= 15 is 0 Å². The molecule has 2 atom stereocenters. The van der Waals surface area contributed by atoms with Gasteiger partial charge in [-0.2, -0.15) is 5.26 Å². The van der Waals surface area contributed by atoms with Crippen LogP contribution in [0.5, 0.6) is 11.5 Å². The third-order valence-electron chi connectivity index (χ3n) is 4.26. The minimum atomic E-state index is -0.815. The lowest BCUT2D eigenvalue weighted by molar-refractivity contribution is 0.275. The van der Waals surface area contributed by atoms with E-state index in [0.717, 1.165) is 5.56 Å². The summed E-state index contributed by atoms with van der Waals surface area (Å²) in [6, 6.07) is 16.6. The van der Waals surface area contributed by atoms with Gasteiger partial charge < -0.3 is 13.9 Å². The molecule has 0 aliphatic carbocycles. The molecule has 1 aliphatic heterocycles. The Labute approximate surface area is 137 Å². The molecule has 0 saturated carbocycles. The molecule has 0 bridgehead atoms. The molecule has 2 aromatic carbocycles. The van der Waals surface area contributed by atoms with E-state index in [1.165, 1.54) is 0 Å². The Bertz CT molecular complexity index is 1030. The van der Waals surface area contributed by atoms with Crippen molar-refractivity contribution in [3.63, 3.8) is 0 Å². The molecular formula is C19H13NO4. The van der Waals surface area contributed by atoms with E-state index in [9.17, 15) is 10.1 Å². The third kappa shape index (κ3) is 1.97. The van der Waals surface area contributed by atoms with Crippen LogP contribution in [0, 0.1) is 11.3 Å². The summed E-state index contributed by atoms with van der Waals surface area (Å²) in [7, 11) is 1.56. The molecule has 1 aromatic heterocycles. The molecule has 0 radical (unpaired) electrons. The van der Waals surface area contributed by atoms with Gasteiger partial charge in [-0.3, -0.25) is 0 Å². The Morgan fingerprint density at radius 3 is 2.67 bits per heavy atom. The zero-order valence-corrected chi connectivity index (χ0v) is 12.9. The van der Waals surface area contributed by atoms with Crippen LogP contribution in [0.4, 0.5) is 0 Å². The summed E-state index contributed by atoms with van der Waals surface area (Å²) in [5.74, 6) is 0.470. The van der Waals surface area contributed by atoms with Crippen LogP contribution in [0.15, 0.2) is 57.7 Å². The molecule has 0 unspecified atom stereocenters. The van der Waals surface area contributed by atoms with Crippen LogP contribution in [0.1, 0.15) is 17.0 Å². The number of rotatable bonds is 2. The van der Waals surface area contributed by atoms with Gasteiger partial charge in [0.05, 0.1) is 24.0 Å². The Kier molecular flexibility index (Phi) is 3.24. The van der Waals surface area contributed by atoms with Gasteiger partial charge in [-0.25, -0.2) is 4.79 Å². The van der Waals surface area contributed by atoms with Crippen molar-refractivity contribution in [2.24, 2.45) is 0 Å². The van der Waals surface area contributed by atoms with Gasteiger partial charge in [0.25, 0.3) is 0 Å². The molecule has 5 heteroatoms. The minimum Gasteiger partial charge on any atom is -0.496 e. The SMILES string of the molecule is COc1ccccc1[C@H]1c2c(c3ccccc3oc2=O)O[C@@H]1C#N. The van der Waals surface area contributed by atoms with Crippen LogP contribution in [-0.2, 0) is 0 Å². The number of hydrogen-bond donors (Lipinski definition) is 0. The average Bonchev–Trinajstić information content (AvgIpc) is 3.02. The van der Waals surface area contributed by atoms with Crippen molar-refractivity contribution in [3.8, 4) is 17.6 Å². The predicted octanol–water partition coefficient (Wildman–Crippen LogP) is 3.22. The molecule has 2 heterocycles. The van der Waals surface area contributed by atoms with Gasteiger partial charge in [-0.15, -0.1) is 0 Å². The summed E-state index contributed by atoms with van der Waals surface area (Å²) < 4.78 is 16.7. The summed E-state index contributed by atoms with van der Waals surface area (Å²) >= 11 is 0. The second-order valence-electron chi connectivity index (χ2n) is 5.52. The molecule has 1 aliphatic rings. The lowest BCUT2D eigenvalue weighted by Crippen LogP contribution is -2.20. The number of benzene rings is 2. The first kappa shape index (κ1) is 14.3. The second kappa shape index (κ2) is 5.43. The van der Waals surface area contributed by atoms with Crippen molar-refractivity contribution < 1.29 is 13.9 Å². The summed E-state index contributed by atoms with van der Waals surface area (Å²) in [4.78, 5) is 12.6. The van der Waals surface area contributed by atoms with Gasteiger partial charge in [0.2, 0.25) is 0 Å². The number of ether oxygens (including phenoxy) is 2. The quantitative estimate of drug-likeness (QED) is 0.678. The maximum Gasteiger partial charge on any atom is 0.344 e. The van der Waals surface area contributed by atoms with E-state index in [0.29, 0.717) is 28.0 Å². The normalized spacial score (nSPS) is 18.7. The van der Waals surface area contributed by atoms with E-state index in [-0.39, 0.29) is 0 Å². The number of methoxy groups -OCH3 is 1. The van der Waals surface area contributed by atoms with E-state index in [4.69, 9.17) is 13.9 Å². The zero-order valence-electron chi connectivity index (χ0n) is 12.9. The van der Waals surface area contributed by atoms with Gasteiger partial charge >= 0.3 is 5.63 Å². The monoisotopic (exact) mass is 319 g/mol.